The molecule has 7 heteroatoms. The first kappa shape index (κ1) is 14.9. The van der Waals surface area contributed by atoms with Gasteiger partial charge >= 0.3 is 0 Å². The number of hydrogen-bond donors (Lipinski definition) is 2. The molecule has 1 aromatic carbocycles. The molecule has 118 valence electrons. The molecule has 2 aromatic rings. The van der Waals surface area contributed by atoms with Gasteiger partial charge in [-0.1, -0.05) is 0 Å². The van der Waals surface area contributed by atoms with Crippen molar-refractivity contribution < 1.29 is 13.9 Å². The summed E-state index contributed by atoms with van der Waals surface area (Å²) in [7, 11) is 1.85. The molecule has 1 saturated heterocycles. The molecule has 3 rings (SSSR count). The summed E-state index contributed by atoms with van der Waals surface area (Å²) in [4.78, 5) is 16.4. The zero-order valence-corrected chi connectivity index (χ0v) is 12.4. The zero-order chi connectivity index (χ0) is 15.5. The summed E-state index contributed by atoms with van der Waals surface area (Å²) >= 11 is 0. The largest absolute Gasteiger partial charge is 0.378 e. The monoisotopic (exact) mass is 306 g/mol. The van der Waals surface area contributed by atoms with Crippen LogP contribution in [0, 0.1) is 5.82 Å². The number of aryl methyl sites for hydroxylation is 1. The van der Waals surface area contributed by atoms with Crippen LogP contribution >= 0.6 is 0 Å². The van der Waals surface area contributed by atoms with Crippen LogP contribution in [-0.4, -0.2) is 47.8 Å². The van der Waals surface area contributed by atoms with E-state index in [1.807, 2.05) is 11.6 Å². The third-order valence-corrected chi connectivity index (χ3v) is 3.82. The Morgan fingerprint density at radius 2 is 2.45 bits per heavy atom. The Bertz CT molecular complexity index is 679. The van der Waals surface area contributed by atoms with E-state index < -0.39 is 0 Å². The highest BCUT2D eigenvalue weighted by atomic mass is 19.1. The normalized spacial score (nSPS) is 18.5. The van der Waals surface area contributed by atoms with Gasteiger partial charge in [-0.25, -0.2) is 9.37 Å². The first-order valence-electron chi connectivity index (χ1n) is 7.35. The number of halogens is 1. The van der Waals surface area contributed by atoms with Crippen LogP contribution in [0.15, 0.2) is 18.2 Å². The Morgan fingerprint density at radius 1 is 1.59 bits per heavy atom. The second-order valence-electron chi connectivity index (χ2n) is 5.34. The maximum atomic E-state index is 13.3. The van der Waals surface area contributed by atoms with Gasteiger partial charge in [0.2, 0.25) is 5.91 Å². The Morgan fingerprint density at radius 3 is 3.23 bits per heavy atom. The van der Waals surface area contributed by atoms with Crippen molar-refractivity contribution in [1.29, 1.82) is 0 Å². The van der Waals surface area contributed by atoms with Gasteiger partial charge < -0.3 is 19.9 Å². The van der Waals surface area contributed by atoms with Crippen LogP contribution in [0.25, 0.3) is 11.0 Å². The van der Waals surface area contributed by atoms with Crippen LogP contribution in [-0.2, 0) is 23.0 Å². The number of ether oxygens (including phenoxy) is 1. The van der Waals surface area contributed by atoms with Gasteiger partial charge in [-0.3, -0.25) is 4.79 Å². The van der Waals surface area contributed by atoms with E-state index in [0.717, 1.165) is 16.9 Å². The maximum absolute atomic E-state index is 13.3. The van der Waals surface area contributed by atoms with Crippen molar-refractivity contribution in [2.75, 3.05) is 26.3 Å². The highest BCUT2D eigenvalue weighted by molar-refractivity contribution is 5.82. The lowest BCUT2D eigenvalue weighted by Gasteiger charge is -2.22. The van der Waals surface area contributed by atoms with Crippen LogP contribution in [0.3, 0.4) is 0 Å². The van der Waals surface area contributed by atoms with Gasteiger partial charge in [0.25, 0.3) is 0 Å². The molecular formula is C15H19FN4O2. The molecule has 0 bridgehead atoms. The second-order valence-corrected chi connectivity index (χ2v) is 5.34. The molecule has 0 spiro atoms. The molecule has 1 aliphatic rings. The van der Waals surface area contributed by atoms with Crippen LogP contribution in [0.5, 0.6) is 0 Å². The van der Waals surface area contributed by atoms with Crippen LogP contribution in [0.4, 0.5) is 4.39 Å². The molecule has 22 heavy (non-hydrogen) atoms. The van der Waals surface area contributed by atoms with E-state index in [1.165, 1.54) is 12.1 Å². The quantitative estimate of drug-likeness (QED) is 0.856. The van der Waals surface area contributed by atoms with Crippen molar-refractivity contribution in [3.63, 3.8) is 0 Å². The van der Waals surface area contributed by atoms with Gasteiger partial charge in [0.15, 0.2) is 0 Å². The number of hydrogen-bond acceptors (Lipinski definition) is 4. The fraction of sp³-hybridized carbons (Fsp3) is 0.467. The lowest BCUT2D eigenvalue weighted by Crippen LogP contribution is -2.51. The first-order chi connectivity index (χ1) is 10.6. The summed E-state index contributed by atoms with van der Waals surface area (Å²) in [6.07, 6.45) is 0.589. The van der Waals surface area contributed by atoms with Gasteiger partial charge in [-0.2, -0.15) is 0 Å². The predicted octanol–water partition coefficient (Wildman–Crippen LogP) is 0.359. The molecule has 1 aliphatic heterocycles. The van der Waals surface area contributed by atoms with E-state index in [4.69, 9.17) is 4.74 Å². The van der Waals surface area contributed by atoms with Gasteiger partial charge in [0, 0.05) is 26.6 Å². The number of nitrogens with zero attached hydrogens (tertiary/aromatic N) is 2. The predicted molar refractivity (Wildman–Crippen MR) is 80.0 cm³/mol. The minimum Gasteiger partial charge on any atom is -0.378 e. The molecular weight excluding hydrogens is 287 g/mol. The third kappa shape index (κ3) is 3.10. The van der Waals surface area contributed by atoms with Gasteiger partial charge in [0.1, 0.15) is 17.7 Å². The highest BCUT2D eigenvalue weighted by Crippen LogP contribution is 2.16. The lowest BCUT2D eigenvalue weighted by atomic mass is 10.2. The zero-order valence-electron chi connectivity index (χ0n) is 12.4. The number of aromatic nitrogens is 2. The second kappa shape index (κ2) is 6.41. The Kier molecular flexibility index (Phi) is 4.35. The van der Waals surface area contributed by atoms with E-state index >= 15 is 0 Å². The molecule has 1 atom stereocenters. The van der Waals surface area contributed by atoms with Crippen LogP contribution < -0.4 is 10.6 Å². The molecule has 2 heterocycles. The van der Waals surface area contributed by atoms with Crippen molar-refractivity contribution in [2.45, 2.75) is 12.5 Å². The SMILES string of the molecule is Cn1c(CCNC(=O)[C@@H]2COCCN2)nc2ccc(F)cc21. The number of amides is 1. The minimum absolute atomic E-state index is 0.0653. The van der Waals surface area contributed by atoms with Crippen molar-refractivity contribution in [3.05, 3.63) is 29.8 Å². The molecule has 6 nitrogen and oxygen atoms in total. The Balaban J connectivity index is 1.59. The summed E-state index contributed by atoms with van der Waals surface area (Å²) in [6, 6.07) is 4.24. The van der Waals surface area contributed by atoms with E-state index in [2.05, 4.69) is 15.6 Å². The molecule has 1 aromatic heterocycles. The average Bonchev–Trinajstić information content (AvgIpc) is 2.84. The average molecular weight is 306 g/mol. The number of morpholine rings is 1. The smallest absolute Gasteiger partial charge is 0.239 e. The molecule has 0 unspecified atom stereocenters. The number of fused-ring (bicyclic) bond motifs is 1. The van der Waals surface area contributed by atoms with E-state index in [1.54, 1.807) is 6.07 Å². The van der Waals surface area contributed by atoms with Crippen LogP contribution in [0.2, 0.25) is 0 Å². The number of carbonyl (C=O) groups excluding carboxylic acids is 1. The highest BCUT2D eigenvalue weighted by Gasteiger charge is 2.20. The van der Waals surface area contributed by atoms with Gasteiger partial charge in [-0.15, -0.1) is 0 Å². The first-order valence-corrected chi connectivity index (χ1v) is 7.35. The molecule has 1 amide bonds. The number of carbonyl (C=O) groups is 1. The van der Waals surface area contributed by atoms with Gasteiger partial charge in [-0.05, 0) is 18.2 Å². The molecule has 0 radical (unpaired) electrons. The summed E-state index contributed by atoms with van der Waals surface area (Å²) in [6.45, 7) is 2.21. The van der Waals surface area contributed by atoms with E-state index in [-0.39, 0.29) is 17.8 Å². The van der Waals surface area contributed by atoms with Crippen molar-refractivity contribution in [1.82, 2.24) is 20.2 Å². The fourth-order valence-corrected chi connectivity index (χ4v) is 2.59. The Hall–Kier alpha value is -1.99. The van der Waals surface area contributed by atoms with Crippen molar-refractivity contribution >= 4 is 16.9 Å². The van der Waals surface area contributed by atoms with Gasteiger partial charge in [0.05, 0.1) is 24.2 Å². The standard InChI is InChI=1S/C15H19FN4O2/c1-20-13-8-10(16)2-3-11(13)19-14(20)4-5-18-15(21)12-9-22-7-6-17-12/h2-3,8,12,17H,4-7,9H2,1H3,(H,18,21)/t12-/m0/s1. The number of rotatable bonds is 4. The number of nitrogens with one attached hydrogen (secondary N) is 2. The molecule has 2 N–H and O–H groups in total. The number of benzene rings is 1. The Labute approximate surface area is 127 Å². The maximum Gasteiger partial charge on any atom is 0.239 e. The summed E-state index contributed by atoms with van der Waals surface area (Å²) < 4.78 is 20.4. The van der Waals surface area contributed by atoms with Crippen molar-refractivity contribution in [3.8, 4) is 0 Å². The topological polar surface area (TPSA) is 68.2 Å². The summed E-state index contributed by atoms with van der Waals surface area (Å²) in [5.74, 6) is 0.469. The number of imidazole rings is 1. The molecule has 0 saturated carbocycles. The molecule has 0 aliphatic carbocycles. The summed E-state index contributed by atoms with van der Waals surface area (Å²) in [5.41, 5.74) is 1.51. The third-order valence-electron chi connectivity index (χ3n) is 3.82. The summed E-state index contributed by atoms with van der Waals surface area (Å²) in [5, 5.41) is 5.98. The van der Waals surface area contributed by atoms with E-state index in [9.17, 15) is 9.18 Å². The van der Waals surface area contributed by atoms with Crippen molar-refractivity contribution in [2.24, 2.45) is 7.05 Å². The molecule has 1 fully saturated rings. The van der Waals surface area contributed by atoms with E-state index in [0.29, 0.717) is 32.7 Å². The van der Waals surface area contributed by atoms with Crippen LogP contribution in [0.1, 0.15) is 5.82 Å². The minimum atomic E-state index is -0.289. The lowest BCUT2D eigenvalue weighted by molar-refractivity contribution is -0.125. The fourth-order valence-electron chi connectivity index (χ4n) is 2.59.